The van der Waals surface area contributed by atoms with Crippen LogP contribution in [0.4, 0.5) is 0 Å². The van der Waals surface area contributed by atoms with Crippen molar-refractivity contribution in [2.75, 3.05) is 26.2 Å². The summed E-state index contributed by atoms with van der Waals surface area (Å²) in [6.45, 7) is 8.27. The van der Waals surface area contributed by atoms with Crippen molar-refractivity contribution in [3.05, 3.63) is 35.4 Å². The standard InChI is InChI=1S/C18H28N2/c1-2-20-11-9-16(10-12-20)14-19-13-15-3-5-17(6-4-15)18-7-8-18/h3-6,16,18-19H,2,7-14H2,1H3. The number of rotatable bonds is 6. The van der Waals surface area contributed by atoms with Gasteiger partial charge in [0.1, 0.15) is 0 Å². The second-order valence-electron chi connectivity index (χ2n) is 6.52. The van der Waals surface area contributed by atoms with Crippen LogP contribution in [-0.4, -0.2) is 31.1 Å². The Morgan fingerprint density at radius 2 is 1.75 bits per heavy atom. The zero-order valence-electron chi connectivity index (χ0n) is 12.8. The van der Waals surface area contributed by atoms with Crippen molar-refractivity contribution in [2.24, 2.45) is 5.92 Å². The lowest BCUT2D eigenvalue weighted by molar-refractivity contribution is 0.190. The molecule has 0 spiro atoms. The molecule has 1 aromatic carbocycles. The molecule has 2 nitrogen and oxygen atoms in total. The second kappa shape index (κ2) is 6.73. The van der Waals surface area contributed by atoms with Gasteiger partial charge in [0.15, 0.2) is 0 Å². The molecule has 1 heterocycles. The average Bonchev–Trinajstić information content (AvgIpc) is 3.33. The van der Waals surface area contributed by atoms with Crippen molar-refractivity contribution in [3.63, 3.8) is 0 Å². The lowest BCUT2D eigenvalue weighted by atomic mass is 9.97. The Hall–Kier alpha value is -0.860. The minimum Gasteiger partial charge on any atom is -0.312 e. The molecule has 110 valence electrons. The van der Waals surface area contributed by atoms with Crippen LogP contribution in [0.1, 0.15) is 49.7 Å². The van der Waals surface area contributed by atoms with Crippen LogP contribution in [-0.2, 0) is 6.54 Å². The molecule has 0 unspecified atom stereocenters. The number of nitrogens with zero attached hydrogens (tertiary/aromatic N) is 1. The van der Waals surface area contributed by atoms with E-state index in [4.69, 9.17) is 0 Å². The van der Waals surface area contributed by atoms with Gasteiger partial charge in [0.25, 0.3) is 0 Å². The van der Waals surface area contributed by atoms with Gasteiger partial charge in [0, 0.05) is 6.54 Å². The van der Waals surface area contributed by atoms with E-state index in [-0.39, 0.29) is 0 Å². The first-order chi connectivity index (χ1) is 9.85. The molecule has 0 radical (unpaired) electrons. The molecule has 2 fully saturated rings. The van der Waals surface area contributed by atoms with Crippen LogP contribution in [0.5, 0.6) is 0 Å². The van der Waals surface area contributed by atoms with Crippen molar-refractivity contribution in [2.45, 2.75) is 45.1 Å². The van der Waals surface area contributed by atoms with Gasteiger partial charge in [0.05, 0.1) is 0 Å². The van der Waals surface area contributed by atoms with E-state index >= 15 is 0 Å². The third-order valence-corrected chi connectivity index (χ3v) is 4.94. The van der Waals surface area contributed by atoms with Gasteiger partial charge in [-0.15, -0.1) is 0 Å². The lowest BCUT2D eigenvalue weighted by Crippen LogP contribution is -2.36. The van der Waals surface area contributed by atoms with Gasteiger partial charge in [-0.25, -0.2) is 0 Å². The number of nitrogens with one attached hydrogen (secondary N) is 1. The summed E-state index contributed by atoms with van der Waals surface area (Å²) in [4.78, 5) is 2.56. The highest BCUT2D eigenvalue weighted by atomic mass is 15.1. The van der Waals surface area contributed by atoms with E-state index in [9.17, 15) is 0 Å². The van der Waals surface area contributed by atoms with E-state index in [2.05, 4.69) is 41.4 Å². The third-order valence-electron chi connectivity index (χ3n) is 4.94. The van der Waals surface area contributed by atoms with Crippen LogP contribution in [0.2, 0.25) is 0 Å². The Morgan fingerprint density at radius 1 is 1.05 bits per heavy atom. The van der Waals surface area contributed by atoms with Gasteiger partial charge >= 0.3 is 0 Å². The Kier molecular flexibility index (Phi) is 4.74. The molecule has 0 amide bonds. The molecular formula is C18H28N2. The zero-order chi connectivity index (χ0) is 13.8. The third kappa shape index (κ3) is 3.83. The van der Waals surface area contributed by atoms with Gasteiger partial charge in [-0.2, -0.15) is 0 Å². The Bertz CT molecular complexity index is 400. The molecule has 20 heavy (non-hydrogen) atoms. The predicted octanol–water partition coefficient (Wildman–Crippen LogP) is 3.39. The molecule has 0 atom stereocenters. The highest BCUT2D eigenvalue weighted by Gasteiger charge is 2.22. The SMILES string of the molecule is CCN1CCC(CNCc2ccc(C3CC3)cc2)CC1. The smallest absolute Gasteiger partial charge is 0.0205 e. The zero-order valence-corrected chi connectivity index (χ0v) is 12.8. The van der Waals surface area contributed by atoms with E-state index in [0.717, 1.165) is 18.4 Å². The molecule has 0 bridgehead atoms. The number of hydrogen-bond acceptors (Lipinski definition) is 2. The molecule has 1 aromatic rings. The van der Waals surface area contributed by atoms with E-state index < -0.39 is 0 Å². The summed E-state index contributed by atoms with van der Waals surface area (Å²) in [7, 11) is 0. The molecule has 1 saturated heterocycles. The Morgan fingerprint density at radius 3 is 2.35 bits per heavy atom. The molecule has 0 aromatic heterocycles. The van der Waals surface area contributed by atoms with Gasteiger partial charge in [-0.1, -0.05) is 31.2 Å². The fourth-order valence-corrected chi connectivity index (χ4v) is 3.25. The molecule has 2 aliphatic rings. The minimum absolute atomic E-state index is 0.876. The molecule has 1 aliphatic heterocycles. The van der Waals surface area contributed by atoms with E-state index in [1.165, 1.54) is 57.4 Å². The summed E-state index contributed by atoms with van der Waals surface area (Å²) in [5.74, 6) is 1.75. The number of piperidine rings is 1. The van der Waals surface area contributed by atoms with Crippen LogP contribution in [0.3, 0.4) is 0 Å². The minimum atomic E-state index is 0.876. The first-order valence-electron chi connectivity index (χ1n) is 8.37. The lowest BCUT2D eigenvalue weighted by Gasteiger charge is -2.31. The number of likely N-dealkylation sites (tertiary alicyclic amines) is 1. The van der Waals surface area contributed by atoms with Crippen LogP contribution in [0.25, 0.3) is 0 Å². The Balaban J connectivity index is 1.37. The van der Waals surface area contributed by atoms with E-state index in [1.807, 2.05) is 0 Å². The highest BCUT2D eigenvalue weighted by Crippen LogP contribution is 2.39. The van der Waals surface area contributed by atoms with Crippen molar-refractivity contribution >= 4 is 0 Å². The first kappa shape index (κ1) is 14.1. The van der Waals surface area contributed by atoms with Gasteiger partial charge < -0.3 is 10.2 Å². The molecule has 3 rings (SSSR count). The van der Waals surface area contributed by atoms with Crippen LogP contribution >= 0.6 is 0 Å². The van der Waals surface area contributed by atoms with E-state index in [0.29, 0.717) is 0 Å². The summed E-state index contributed by atoms with van der Waals surface area (Å²) in [5, 5.41) is 3.65. The van der Waals surface area contributed by atoms with Crippen molar-refractivity contribution < 1.29 is 0 Å². The van der Waals surface area contributed by atoms with Gasteiger partial charge in [0.2, 0.25) is 0 Å². The molecule has 1 N–H and O–H groups in total. The predicted molar refractivity (Wildman–Crippen MR) is 85.0 cm³/mol. The normalized spacial score (nSPS) is 21.2. The summed E-state index contributed by atoms with van der Waals surface area (Å²) in [6, 6.07) is 9.27. The first-order valence-corrected chi connectivity index (χ1v) is 8.37. The monoisotopic (exact) mass is 272 g/mol. The largest absolute Gasteiger partial charge is 0.312 e. The fraction of sp³-hybridized carbons (Fsp3) is 0.667. The van der Waals surface area contributed by atoms with Crippen LogP contribution < -0.4 is 5.32 Å². The number of benzene rings is 1. The summed E-state index contributed by atoms with van der Waals surface area (Å²) in [6.07, 6.45) is 5.52. The summed E-state index contributed by atoms with van der Waals surface area (Å²) < 4.78 is 0. The second-order valence-corrected chi connectivity index (χ2v) is 6.52. The van der Waals surface area contributed by atoms with Crippen LogP contribution in [0.15, 0.2) is 24.3 Å². The summed E-state index contributed by atoms with van der Waals surface area (Å²) >= 11 is 0. The van der Waals surface area contributed by atoms with Crippen molar-refractivity contribution in [1.29, 1.82) is 0 Å². The highest BCUT2D eigenvalue weighted by molar-refractivity contribution is 5.27. The van der Waals surface area contributed by atoms with Crippen molar-refractivity contribution in [3.8, 4) is 0 Å². The molecule has 1 aliphatic carbocycles. The average molecular weight is 272 g/mol. The maximum absolute atomic E-state index is 3.65. The maximum Gasteiger partial charge on any atom is 0.0205 e. The molecular weight excluding hydrogens is 244 g/mol. The van der Waals surface area contributed by atoms with E-state index in [1.54, 1.807) is 5.56 Å². The van der Waals surface area contributed by atoms with Crippen LogP contribution in [0, 0.1) is 5.92 Å². The Labute approximate surface area is 123 Å². The topological polar surface area (TPSA) is 15.3 Å². The molecule has 2 heteroatoms. The summed E-state index contributed by atoms with van der Waals surface area (Å²) in [5.41, 5.74) is 2.97. The van der Waals surface area contributed by atoms with Gasteiger partial charge in [-0.3, -0.25) is 0 Å². The maximum atomic E-state index is 3.65. The number of hydrogen-bond donors (Lipinski definition) is 1. The van der Waals surface area contributed by atoms with Crippen molar-refractivity contribution in [1.82, 2.24) is 10.2 Å². The van der Waals surface area contributed by atoms with Gasteiger partial charge in [-0.05, 0) is 74.8 Å². The molecule has 1 saturated carbocycles. The fourth-order valence-electron chi connectivity index (χ4n) is 3.25. The quantitative estimate of drug-likeness (QED) is 0.854.